The number of aryl methyl sites for hydroxylation is 1. The van der Waals surface area contributed by atoms with Gasteiger partial charge >= 0.3 is 0 Å². The number of hydrogen-bond donors (Lipinski definition) is 0. The number of amidine groups is 1. The van der Waals surface area contributed by atoms with Gasteiger partial charge in [0, 0.05) is 31.1 Å². The number of aliphatic imine (C=N–C) groups is 1. The molecule has 3 aliphatic rings. The molecule has 0 spiro atoms. The molecule has 5 heteroatoms. The highest BCUT2D eigenvalue weighted by atomic mass is 16.6. The van der Waals surface area contributed by atoms with Crippen molar-refractivity contribution in [3.63, 3.8) is 0 Å². The van der Waals surface area contributed by atoms with Crippen molar-refractivity contribution in [2.45, 2.75) is 58.9 Å². The second-order valence-corrected chi connectivity index (χ2v) is 8.83. The lowest BCUT2D eigenvalue weighted by Crippen LogP contribution is -2.52. The number of nitro benzene ring substituents is 1. The van der Waals surface area contributed by atoms with Gasteiger partial charge in [-0.15, -0.1) is 0 Å². The van der Waals surface area contributed by atoms with Gasteiger partial charge in [-0.25, -0.2) is 4.99 Å². The fraction of sp³-hybridized carbons (Fsp3) is 0.667. The summed E-state index contributed by atoms with van der Waals surface area (Å²) in [7, 11) is 0. The maximum atomic E-state index is 11.0. The number of likely N-dealkylation sites (tertiary alicyclic amines) is 1. The summed E-state index contributed by atoms with van der Waals surface area (Å²) in [6.07, 6.45) is 6.51. The molecule has 3 fully saturated rings. The normalized spacial score (nSPS) is 31.7. The third-order valence-corrected chi connectivity index (χ3v) is 6.64. The highest BCUT2D eigenvalue weighted by Crippen LogP contribution is 2.54. The van der Waals surface area contributed by atoms with E-state index in [2.05, 4.69) is 18.7 Å². The molecule has 0 aromatic heterocycles. The summed E-state index contributed by atoms with van der Waals surface area (Å²) in [6, 6.07) is 5.68. The van der Waals surface area contributed by atoms with E-state index in [1.807, 2.05) is 6.92 Å². The smallest absolute Gasteiger partial charge is 0.269 e. The fourth-order valence-electron chi connectivity index (χ4n) is 5.64. The molecule has 1 aromatic rings. The topological polar surface area (TPSA) is 58.7 Å². The summed E-state index contributed by atoms with van der Waals surface area (Å²) >= 11 is 0. The first-order chi connectivity index (χ1) is 12.4. The summed E-state index contributed by atoms with van der Waals surface area (Å²) < 4.78 is 0. The van der Waals surface area contributed by atoms with Crippen LogP contribution in [0.3, 0.4) is 0 Å². The molecule has 5 nitrogen and oxygen atoms in total. The first-order valence-corrected chi connectivity index (χ1v) is 10.0. The summed E-state index contributed by atoms with van der Waals surface area (Å²) in [4.78, 5) is 18.3. The molecule has 2 saturated carbocycles. The van der Waals surface area contributed by atoms with E-state index in [1.54, 1.807) is 18.2 Å². The average Bonchev–Trinajstić information content (AvgIpc) is 3.19. The van der Waals surface area contributed by atoms with Crippen molar-refractivity contribution in [2.24, 2.45) is 28.7 Å². The molecule has 26 heavy (non-hydrogen) atoms. The second kappa shape index (κ2) is 6.67. The van der Waals surface area contributed by atoms with E-state index >= 15 is 0 Å². The van der Waals surface area contributed by atoms with E-state index in [9.17, 15) is 10.1 Å². The number of hydrogen-bond acceptors (Lipinski definition) is 3. The summed E-state index contributed by atoms with van der Waals surface area (Å²) in [5.74, 6) is 4.43. The van der Waals surface area contributed by atoms with Crippen LogP contribution in [-0.2, 0) is 0 Å². The van der Waals surface area contributed by atoms with E-state index in [1.165, 1.54) is 31.5 Å². The minimum Gasteiger partial charge on any atom is -0.356 e. The van der Waals surface area contributed by atoms with Crippen molar-refractivity contribution in [3.05, 3.63) is 33.9 Å². The number of nitrogens with zero attached hydrogens (tertiary/aromatic N) is 3. The molecule has 0 N–H and O–H groups in total. The van der Waals surface area contributed by atoms with Crippen LogP contribution in [0.25, 0.3) is 0 Å². The highest BCUT2D eigenvalue weighted by molar-refractivity contribution is 5.86. The van der Waals surface area contributed by atoms with Crippen molar-refractivity contribution in [3.8, 4) is 0 Å². The Bertz CT molecular complexity index is 743. The van der Waals surface area contributed by atoms with Crippen LogP contribution in [0.1, 0.15) is 51.5 Å². The molecule has 2 aliphatic carbocycles. The maximum Gasteiger partial charge on any atom is 0.269 e. The van der Waals surface area contributed by atoms with Gasteiger partial charge in [-0.3, -0.25) is 10.1 Å². The van der Waals surface area contributed by atoms with Gasteiger partial charge in [-0.2, -0.15) is 0 Å². The molecular weight excluding hydrogens is 326 g/mol. The molecule has 140 valence electrons. The predicted molar refractivity (Wildman–Crippen MR) is 104 cm³/mol. The number of piperidine rings is 1. The Morgan fingerprint density at radius 2 is 2.04 bits per heavy atom. The number of non-ortho nitro benzene ring substituents is 1. The summed E-state index contributed by atoms with van der Waals surface area (Å²) in [5.41, 5.74) is 1.90. The van der Waals surface area contributed by atoms with Gasteiger partial charge in [0.1, 0.15) is 5.84 Å². The van der Waals surface area contributed by atoms with Crippen LogP contribution in [0.4, 0.5) is 11.4 Å². The van der Waals surface area contributed by atoms with Gasteiger partial charge in [0.25, 0.3) is 5.69 Å². The van der Waals surface area contributed by atoms with Crippen LogP contribution in [0.15, 0.2) is 23.2 Å². The zero-order chi connectivity index (χ0) is 18.4. The zero-order valence-corrected chi connectivity index (χ0v) is 16.0. The largest absolute Gasteiger partial charge is 0.356 e. The predicted octanol–water partition coefficient (Wildman–Crippen LogP) is 5.10. The van der Waals surface area contributed by atoms with Gasteiger partial charge in [0.15, 0.2) is 0 Å². The lowest BCUT2D eigenvalue weighted by atomic mass is 9.77. The van der Waals surface area contributed by atoms with Crippen LogP contribution < -0.4 is 0 Å². The van der Waals surface area contributed by atoms with Crippen molar-refractivity contribution in [1.29, 1.82) is 0 Å². The van der Waals surface area contributed by atoms with E-state index in [-0.39, 0.29) is 10.6 Å². The van der Waals surface area contributed by atoms with Gasteiger partial charge < -0.3 is 4.90 Å². The number of benzene rings is 1. The van der Waals surface area contributed by atoms with Crippen LogP contribution in [0.5, 0.6) is 0 Å². The number of rotatable bonds is 4. The molecule has 4 rings (SSSR count). The van der Waals surface area contributed by atoms with Crippen LogP contribution in [-0.4, -0.2) is 28.2 Å². The average molecular weight is 355 g/mol. The Labute approximate surface area is 155 Å². The summed E-state index contributed by atoms with van der Waals surface area (Å²) in [6.45, 7) is 7.55. The monoisotopic (exact) mass is 355 g/mol. The Morgan fingerprint density at radius 1 is 1.27 bits per heavy atom. The zero-order valence-electron chi connectivity index (χ0n) is 16.0. The van der Waals surface area contributed by atoms with Gasteiger partial charge in [-0.1, -0.05) is 13.8 Å². The first kappa shape index (κ1) is 17.5. The van der Waals surface area contributed by atoms with Crippen LogP contribution in [0.2, 0.25) is 0 Å². The fourth-order valence-corrected chi connectivity index (χ4v) is 5.64. The minimum absolute atomic E-state index is 0.141. The molecule has 4 atom stereocenters. The van der Waals surface area contributed by atoms with E-state index < -0.39 is 0 Å². The number of nitro groups is 1. The Morgan fingerprint density at radius 3 is 2.73 bits per heavy atom. The molecule has 1 heterocycles. The van der Waals surface area contributed by atoms with Crippen LogP contribution in [0, 0.1) is 40.7 Å². The van der Waals surface area contributed by atoms with Crippen molar-refractivity contribution >= 4 is 17.2 Å². The Balaban J connectivity index is 1.66. The van der Waals surface area contributed by atoms with Crippen LogP contribution >= 0.6 is 0 Å². The van der Waals surface area contributed by atoms with Crippen molar-refractivity contribution < 1.29 is 4.92 Å². The summed E-state index contributed by atoms with van der Waals surface area (Å²) in [5, 5.41) is 11.0. The second-order valence-electron chi connectivity index (χ2n) is 8.83. The van der Waals surface area contributed by atoms with E-state index in [0.29, 0.717) is 12.0 Å². The molecule has 0 amide bonds. The highest BCUT2D eigenvalue weighted by Gasteiger charge is 2.52. The molecule has 0 radical (unpaired) electrons. The van der Waals surface area contributed by atoms with E-state index in [4.69, 9.17) is 4.99 Å². The molecule has 2 bridgehead atoms. The van der Waals surface area contributed by atoms with Crippen molar-refractivity contribution in [2.75, 3.05) is 6.54 Å². The molecule has 1 aliphatic heterocycles. The molecule has 1 saturated heterocycles. The van der Waals surface area contributed by atoms with Gasteiger partial charge in [0.05, 0.1) is 10.6 Å². The quantitative estimate of drug-likeness (QED) is 0.558. The van der Waals surface area contributed by atoms with Gasteiger partial charge in [0.2, 0.25) is 0 Å². The Hall–Kier alpha value is -1.91. The standard InChI is InChI=1S/C21H29N3O2/c1-13(2)12-23-20(9-7-18-15-4-5-16(11-15)21(18)23)22-19-8-6-17(24(25)26)10-14(19)3/h6,8,10,13,15-16,18,21H,4-5,7,9,11-12H2,1-3H3. The SMILES string of the molecule is Cc1cc([N+](=O)[O-])ccc1N=C1CCC2C3CCC(C3)C2N1CC(C)C. The van der Waals surface area contributed by atoms with Crippen molar-refractivity contribution in [1.82, 2.24) is 4.90 Å². The maximum absolute atomic E-state index is 11.0. The number of fused-ring (bicyclic) bond motifs is 5. The third kappa shape index (κ3) is 3.01. The van der Waals surface area contributed by atoms with E-state index in [0.717, 1.165) is 42.0 Å². The lowest BCUT2D eigenvalue weighted by Gasteiger charge is -2.46. The molecule has 1 aromatic carbocycles. The molecular formula is C21H29N3O2. The molecule has 4 unspecified atom stereocenters. The Kier molecular flexibility index (Phi) is 4.49. The van der Waals surface area contributed by atoms with Gasteiger partial charge in [-0.05, 0) is 67.9 Å². The third-order valence-electron chi connectivity index (χ3n) is 6.64. The lowest BCUT2D eigenvalue weighted by molar-refractivity contribution is -0.384. The first-order valence-electron chi connectivity index (χ1n) is 10.0. The minimum atomic E-state index is -0.338.